The molecule has 1 aliphatic rings. The average molecular weight is 218 g/mol. The largest absolute Gasteiger partial charge is 0.493 e. The van der Waals surface area contributed by atoms with E-state index in [1.807, 2.05) is 18.2 Å². The Morgan fingerprint density at radius 3 is 3.19 bits per heavy atom. The van der Waals surface area contributed by atoms with Gasteiger partial charge in [0.25, 0.3) is 0 Å². The molecule has 86 valence electrons. The summed E-state index contributed by atoms with van der Waals surface area (Å²) in [6, 6.07) is 4.61. The van der Waals surface area contributed by atoms with Crippen LogP contribution in [-0.4, -0.2) is 17.6 Å². The third kappa shape index (κ3) is 3.66. The smallest absolute Gasteiger partial charge is 0.122 e. The van der Waals surface area contributed by atoms with Crippen LogP contribution in [0.25, 0.3) is 0 Å². The first-order valence-corrected chi connectivity index (χ1v) is 5.80. The molecule has 0 radical (unpaired) electrons. The minimum absolute atomic E-state index is 0.684. The van der Waals surface area contributed by atoms with Gasteiger partial charge in [-0.3, -0.25) is 4.98 Å². The zero-order valence-electron chi connectivity index (χ0n) is 9.48. The Kier molecular flexibility index (Phi) is 3.94. The summed E-state index contributed by atoms with van der Waals surface area (Å²) in [5, 5.41) is 3.43. The lowest BCUT2D eigenvalue weighted by molar-refractivity contribution is 0.324. The number of nitrogens with one attached hydrogen (secondary N) is 1. The van der Waals surface area contributed by atoms with Crippen LogP contribution in [-0.2, 0) is 6.54 Å². The van der Waals surface area contributed by atoms with Crippen LogP contribution < -0.4 is 10.1 Å². The van der Waals surface area contributed by atoms with Gasteiger partial charge in [0.05, 0.1) is 12.3 Å². The minimum atomic E-state index is 0.684. The predicted octanol–water partition coefficient (Wildman–Crippen LogP) is 2.29. The lowest BCUT2D eigenvalue weighted by Gasteiger charge is -2.06. The maximum atomic E-state index is 5.57. The van der Waals surface area contributed by atoms with E-state index in [4.69, 9.17) is 4.74 Å². The topological polar surface area (TPSA) is 34.1 Å². The van der Waals surface area contributed by atoms with Crippen molar-refractivity contribution in [2.45, 2.75) is 31.8 Å². The van der Waals surface area contributed by atoms with Gasteiger partial charge >= 0.3 is 0 Å². The molecule has 3 heteroatoms. The molecule has 16 heavy (non-hydrogen) atoms. The molecule has 3 nitrogen and oxygen atoms in total. The highest BCUT2D eigenvalue weighted by atomic mass is 16.5. The Labute approximate surface area is 96.5 Å². The molecule has 0 unspecified atom stereocenters. The summed E-state index contributed by atoms with van der Waals surface area (Å²) in [5.74, 6) is 0.893. The fraction of sp³-hybridized carbons (Fsp3) is 0.462. The summed E-state index contributed by atoms with van der Waals surface area (Å²) in [5.41, 5.74) is 1.04. The molecule has 1 aromatic heterocycles. The molecule has 2 rings (SSSR count). The molecule has 0 bridgehead atoms. The Bertz CT molecular complexity index is 348. The lowest BCUT2D eigenvalue weighted by Crippen LogP contribution is -2.16. The highest BCUT2D eigenvalue weighted by Gasteiger charge is 2.20. The van der Waals surface area contributed by atoms with E-state index in [0.717, 1.165) is 24.4 Å². The van der Waals surface area contributed by atoms with Crippen molar-refractivity contribution in [3.8, 4) is 5.75 Å². The second-order valence-electron chi connectivity index (χ2n) is 4.06. The third-order valence-electron chi connectivity index (χ3n) is 2.53. The Balaban J connectivity index is 1.82. The zero-order chi connectivity index (χ0) is 11.2. The van der Waals surface area contributed by atoms with Crippen LogP contribution in [0.3, 0.4) is 0 Å². The first kappa shape index (κ1) is 11.1. The van der Waals surface area contributed by atoms with Crippen molar-refractivity contribution in [3.05, 3.63) is 36.7 Å². The summed E-state index contributed by atoms with van der Waals surface area (Å²) >= 11 is 0. The second-order valence-corrected chi connectivity index (χ2v) is 4.06. The monoisotopic (exact) mass is 218 g/mol. The predicted molar refractivity (Wildman–Crippen MR) is 64.4 cm³/mol. The summed E-state index contributed by atoms with van der Waals surface area (Å²) in [4.78, 5) is 4.30. The zero-order valence-corrected chi connectivity index (χ0v) is 9.48. The quantitative estimate of drug-likeness (QED) is 0.563. The van der Waals surface area contributed by atoms with Crippen LogP contribution in [0.5, 0.6) is 5.75 Å². The summed E-state index contributed by atoms with van der Waals surface area (Å²) in [7, 11) is 0. The number of nitrogens with zero attached hydrogens (tertiary/aromatic N) is 1. The molecule has 0 aromatic carbocycles. The van der Waals surface area contributed by atoms with Crippen LogP contribution in [0.2, 0.25) is 0 Å². The minimum Gasteiger partial charge on any atom is -0.493 e. The molecule has 0 saturated heterocycles. The molecule has 0 spiro atoms. The van der Waals surface area contributed by atoms with Crippen molar-refractivity contribution in [2.75, 3.05) is 6.61 Å². The second kappa shape index (κ2) is 5.66. The van der Waals surface area contributed by atoms with E-state index in [2.05, 4.69) is 16.9 Å². The number of pyridine rings is 1. The van der Waals surface area contributed by atoms with E-state index in [9.17, 15) is 0 Å². The summed E-state index contributed by atoms with van der Waals surface area (Å²) in [6.07, 6.45) is 7.13. The van der Waals surface area contributed by atoms with Gasteiger partial charge in [-0.2, -0.15) is 0 Å². The van der Waals surface area contributed by atoms with E-state index in [0.29, 0.717) is 12.6 Å². The van der Waals surface area contributed by atoms with Crippen LogP contribution >= 0.6 is 0 Å². The van der Waals surface area contributed by atoms with Crippen LogP contribution in [0.15, 0.2) is 31.0 Å². The normalized spacial score (nSPS) is 14.8. The van der Waals surface area contributed by atoms with Crippen LogP contribution in [0, 0.1) is 0 Å². The van der Waals surface area contributed by atoms with Gasteiger partial charge in [-0.25, -0.2) is 0 Å². The van der Waals surface area contributed by atoms with E-state index < -0.39 is 0 Å². The highest BCUT2D eigenvalue weighted by molar-refractivity contribution is 5.22. The molecule has 1 aromatic rings. The molecule has 0 amide bonds. The SMILES string of the molecule is C=CCCOc1ccnc(CNC2CC2)c1. The van der Waals surface area contributed by atoms with Crippen molar-refractivity contribution in [1.29, 1.82) is 0 Å². The number of aromatic nitrogens is 1. The molecule has 1 aliphatic carbocycles. The molecule has 1 N–H and O–H groups in total. The number of ether oxygens (including phenoxy) is 1. The van der Waals surface area contributed by atoms with Crippen molar-refractivity contribution >= 4 is 0 Å². The number of hydrogen-bond donors (Lipinski definition) is 1. The maximum absolute atomic E-state index is 5.57. The van der Waals surface area contributed by atoms with Gasteiger partial charge < -0.3 is 10.1 Å². The first-order chi connectivity index (χ1) is 7.88. The van der Waals surface area contributed by atoms with Crippen molar-refractivity contribution in [2.24, 2.45) is 0 Å². The maximum Gasteiger partial charge on any atom is 0.122 e. The van der Waals surface area contributed by atoms with E-state index in [1.165, 1.54) is 12.8 Å². The summed E-state index contributed by atoms with van der Waals surface area (Å²) < 4.78 is 5.57. The standard InChI is InChI=1S/C13H18N2O/c1-2-3-8-16-13-6-7-14-12(9-13)10-15-11-4-5-11/h2,6-7,9,11,15H,1,3-5,8,10H2. The Morgan fingerprint density at radius 2 is 2.44 bits per heavy atom. The van der Waals surface area contributed by atoms with Gasteiger partial charge in [0, 0.05) is 24.8 Å². The van der Waals surface area contributed by atoms with Gasteiger partial charge in [-0.15, -0.1) is 6.58 Å². The average Bonchev–Trinajstić information content (AvgIpc) is 3.11. The van der Waals surface area contributed by atoms with E-state index in [-0.39, 0.29) is 0 Å². The molecule has 1 heterocycles. The fourth-order valence-corrected chi connectivity index (χ4v) is 1.44. The van der Waals surface area contributed by atoms with Gasteiger partial charge in [-0.05, 0) is 25.3 Å². The fourth-order valence-electron chi connectivity index (χ4n) is 1.44. The molecule has 0 atom stereocenters. The summed E-state index contributed by atoms with van der Waals surface area (Å²) in [6.45, 7) is 5.18. The van der Waals surface area contributed by atoms with Gasteiger partial charge in [0.2, 0.25) is 0 Å². The highest BCUT2D eigenvalue weighted by Crippen LogP contribution is 2.19. The Morgan fingerprint density at radius 1 is 1.56 bits per heavy atom. The van der Waals surface area contributed by atoms with Crippen molar-refractivity contribution in [1.82, 2.24) is 10.3 Å². The molecule has 0 aliphatic heterocycles. The number of rotatable bonds is 7. The van der Waals surface area contributed by atoms with Crippen LogP contribution in [0.4, 0.5) is 0 Å². The molecular weight excluding hydrogens is 200 g/mol. The van der Waals surface area contributed by atoms with E-state index in [1.54, 1.807) is 6.20 Å². The lowest BCUT2D eigenvalue weighted by atomic mass is 10.3. The molecule has 1 fully saturated rings. The van der Waals surface area contributed by atoms with Gasteiger partial charge in [-0.1, -0.05) is 6.08 Å². The van der Waals surface area contributed by atoms with Crippen molar-refractivity contribution < 1.29 is 4.74 Å². The van der Waals surface area contributed by atoms with E-state index >= 15 is 0 Å². The molecule has 1 saturated carbocycles. The van der Waals surface area contributed by atoms with Gasteiger partial charge in [0.1, 0.15) is 5.75 Å². The van der Waals surface area contributed by atoms with Gasteiger partial charge in [0.15, 0.2) is 0 Å². The first-order valence-electron chi connectivity index (χ1n) is 5.80. The van der Waals surface area contributed by atoms with Crippen LogP contribution in [0.1, 0.15) is 25.0 Å². The number of hydrogen-bond acceptors (Lipinski definition) is 3. The Hall–Kier alpha value is -1.35. The van der Waals surface area contributed by atoms with Crippen molar-refractivity contribution in [3.63, 3.8) is 0 Å². The third-order valence-corrected chi connectivity index (χ3v) is 2.53. The molecular formula is C13H18N2O.